The molecular formula is C16H13FN2O3. The molecule has 22 heavy (non-hydrogen) atoms. The zero-order valence-electron chi connectivity index (χ0n) is 11.5. The van der Waals surface area contributed by atoms with Crippen LogP contribution in [0.5, 0.6) is 5.75 Å². The van der Waals surface area contributed by atoms with Crippen LogP contribution in [0.3, 0.4) is 0 Å². The van der Waals surface area contributed by atoms with Crippen molar-refractivity contribution in [1.29, 1.82) is 0 Å². The van der Waals surface area contributed by atoms with Gasteiger partial charge in [-0.3, -0.25) is 9.59 Å². The minimum absolute atomic E-state index is 0.0247. The van der Waals surface area contributed by atoms with Crippen molar-refractivity contribution in [2.75, 3.05) is 16.8 Å². The third kappa shape index (κ3) is 2.63. The zero-order chi connectivity index (χ0) is 15.7. The van der Waals surface area contributed by atoms with E-state index in [9.17, 15) is 19.1 Å². The molecule has 0 saturated heterocycles. The molecule has 3 rings (SSSR count). The second kappa shape index (κ2) is 5.48. The van der Waals surface area contributed by atoms with E-state index in [1.165, 1.54) is 29.2 Å². The molecule has 0 aliphatic carbocycles. The molecule has 2 N–H and O–H groups in total. The Labute approximate surface area is 126 Å². The van der Waals surface area contributed by atoms with Gasteiger partial charge in [0.05, 0.1) is 17.8 Å². The van der Waals surface area contributed by atoms with Crippen molar-refractivity contribution in [3.05, 3.63) is 53.8 Å². The summed E-state index contributed by atoms with van der Waals surface area (Å²) < 4.78 is 13.3. The maximum absolute atomic E-state index is 13.3. The summed E-state index contributed by atoms with van der Waals surface area (Å²) >= 11 is 0. The number of amides is 2. The summed E-state index contributed by atoms with van der Waals surface area (Å²) in [6.45, 7) is -0.134. The quantitative estimate of drug-likeness (QED) is 0.892. The molecule has 0 unspecified atom stereocenters. The van der Waals surface area contributed by atoms with E-state index in [2.05, 4.69) is 5.32 Å². The van der Waals surface area contributed by atoms with Crippen LogP contribution in [0.1, 0.15) is 5.56 Å². The molecule has 0 saturated carbocycles. The predicted molar refractivity (Wildman–Crippen MR) is 79.2 cm³/mol. The van der Waals surface area contributed by atoms with Gasteiger partial charge in [-0.05, 0) is 24.3 Å². The third-order valence-electron chi connectivity index (χ3n) is 3.46. The molecular weight excluding hydrogens is 287 g/mol. The van der Waals surface area contributed by atoms with Gasteiger partial charge in [0.25, 0.3) is 0 Å². The lowest BCUT2D eigenvalue weighted by Crippen LogP contribution is -2.42. The summed E-state index contributed by atoms with van der Waals surface area (Å²) in [5.74, 6) is -1.20. The Morgan fingerprint density at radius 2 is 2.05 bits per heavy atom. The van der Waals surface area contributed by atoms with E-state index in [4.69, 9.17) is 0 Å². The molecule has 2 aromatic rings. The molecule has 0 fully saturated rings. The van der Waals surface area contributed by atoms with Crippen molar-refractivity contribution in [1.82, 2.24) is 0 Å². The van der Waals surface area contributed by atoms with Crippen molar-refractivity contribution >= 4 is 23.2 Å². The van der Waals surface area contributed by atoms with Gasteiger partial charge in [-0.1, -0.05) is 18.2 Å². The summed E-state index contributed by atoms with van der Waals surface area (Å²) in [6.07, 6.45) is -0.0449. The molecule has 0 atom stereocenters. The van der Waals surface area contributed by atoms with E-state index in [0.717, 1.165) is 0 Å². The number of para-hydroxylation sites is 1. The average Bonchev–Trinajstić information content (AvgIpc) is 2.48. The molecule has 2 amide bonds. The molecule has 0 aromatic heterocycles. The van der Waals surface area contributed by atoms with E-state index in [1.54, 1.807) is 18.2 Å². The maximum Gasteiger partial charge on any atom is 0.244 e. The standard InChI is InChI=1S/C16H13FN2O3/c17-11-5-6-13-12(8-11)18-15(21)9-19(13)16(22)7-10-3-1-2-4-14(10)20/h1-6,8,20H,7,9H2,(H,18,21). The molecule has 5 nitrogen and oxygen atoms in total. The number of rotatable bonds is 2. The highest BCUT2D eigenvalue weighted by Crippen LogP contribution is 2.31. The Kier molecular flexibility index (Phi) is 3.50. The van der Waals surface area contributed by atoms with Gasteiger partial charge in [0.15, 0.2) is 0 Å². The molecule has 6 heteroatoms. The highest BCUT2D eigenvalue weighted by molar-refractivity contribution is 6.10. The van der Waals surface area contributed by atoms with Gasteiger partial charge in [-0.25, -0.2) is 4.39 Å². The molecule has 0 spiro atoms. The van der Waals surface area contributed by atoms with Crippen LogP contribution in [0.25, 0.3) is 0 Å². The Hall–Kier alpha value is -2.89. The van der Waals surface area contributed by atoms with Gasteiger partial charge in [0, 0.05) is 5.56 Å². The molecule has 1 aliphatic rings. The molecule has 112 valence electrons. The Balaban J connectivity index is 1.90. The van der Waals surface area contributed by atoms with Crippen LogP contribution in [-0.2, 0) is 16.0 Å². The van der Waals surface area contributed by atoms with Crippen LogP contribution in [-0.4, -0.2) is 23.5 Å². The monoisotopic (exact) mass is 300 g/mol. The number of halogens is 1. The van der Waals surface area contributed by atoms with Gasteiger partial charge >= 0.3 is 0 Å². The number of anilines is 2. The fraction of sp³-hybridized carbons (Fsp3) is 0.125. The molecule has 1 aliphatic heterocycles. The van der Waals surface area contributed by atoms with Crippen LogP contribution in [0.15, 0.2) is 42.5 Å². The van der Waals surface area contributed by atoms with Crippen LogP contribution >= 0.6 is 0 Å². The van der Waals surface area contributed by atoms with Crippen molar-refractivity contribution < 1.29 is 19.1 Å². The number of fused-ring (bicyclic) bond motifs is 1. The summed E-state index contributed by atoms with van der Waals surface area (Å²) in [4.78, 5) is 25.4. The minimum Gasteiger partial charge on any atom is -0.508 e. The highest BCUT2D eigenvalue weighted by Gasteiger charge is 2.27. The number of hydrogen-bond acceptors (Lipinski definition) is 3. The number of aromatic hydroxyl groups is 1. The normalized spacial score (nSPS) is 13.5. The fourth-order valence-corrected chi connectivity index (χ4v) is 2.40. The Morgan fingerprint density at radius 3 is 2.82 bits per heavy atom. The largest absolute Gasteiger partial charge is 0.508 e. The van der Waals surface area contributed by atoms with Gasteiger partial charge in [-0.15, -0.1) is 0 Å². The van der Waals surface area contributed by atoms with E-state index in [0.29, 0.717) is 11.3 Å². The van der Waals surface area contributed by atoms with E-state index >= 15 is 0 Å². The lowest BCUT2D eigenvalue weighted by atomic mass is 10.1. The molecule has 1 heterocycles. The predicted octanol–water partition coefficient (Wildman–Crippen LogP) is 2.06. The maximum atomic E-state index is 13.3. The van der Waals surface area contributed by atoms with Crippen molar-refractivity contribution in [3.8, 4) is 5.75 Å². The number of benzene rings is 2. The van der Waals surface area contributed by atoms with E-state index in [-0.39, 0.29) is 36.2 Å². The number of nitrogens with one attached hydrogen (secondary N) is 1. The topological polar surface area (TPSA) is 69.6 Å². The lowest BCUT2D eigenvalue weighted by Gasteiger charge is -2.29. The molecule has 2 aromatic carbocycles. The number of hydrogen-bond donors (Lipinski definition) is 2. The minimum atomic E-state index is -0.492. The number of nitrogens with zero attached hydrogens (tertiary/aromatic N) is 1. The number of phenolic OH excluding ortho intramolecular Hbond substituents is 1. The smallest absolute Gasteiger partial charge is 0.244 e. The van der Waals surface area contributed by atoms with Crippen LogP contribution < -0.4 is 10.2 Å². The first-order valence-electron chi connectivity index (χ1n) is 6.71. The highest BCUT2D eigenvalue weighted by atomic mass is 19.1. The summed E-state index contributed by atoms with van der Waals surface area (Å²) in [5.41, 5.74) is 1.19. The molecule has 0 bridgehead atoms. The van der Waals surface area contributed by atoms with Gasteiger partial charge in [0.2, 0.25) is 11.8 Å². The Bertz CT molecular complexity index is 761. The van der Waals surface area contributed by atoms with E-state index < -0.39 is 5.82 Å². The Morgan fingerprint density at radius 1 is 1.27 bits per heavy atom. The second-order valence-electron chi connectivity index (χ2n) is 5.00. The number of carbonyl (C=O) groups is 2. The van der Waals surface area contributed by atoms with Crippen LogP contribution in [0, 0.1) is 5.82 Å². The number of carbonyl (C=O) groups excluding carboxylic acids is 2. The first kappa shape index (κ1) is 14.1. The summed E-state index contributed by atoms with van der Waals surface area (Å²) in [7, 11) is 0. The first-order valence-corrected chi connectivity index (χ1v) is 6.71. The van der Waals surface area contributed by atoms with Gasteiger partial charge in [-0.2, -0.15) is 0 Å². The van der Waals surface area contributed by atoms with Crippen molar-refractivity contribution in [2.45, 2.75) is 6.42 Å². The van der Waals surface area contributed by atoms with Crippen LogP contribution in [0.2, 0.25) is 0 Å². The SMILES string of the molecule is O=C1CN(C(=O)Cc2ccccc2O)c2ccc(F)cc2N1. The van der Waals surface area contributed by atoms with Crippen molar-refractivity contribution in [2.24, 2.45) is 0 Å². The second-order valence-corrected chi connectivity index (χ2v) is 5.00. The van der Waals surface area contributed by atoms with Gasteiger partial charge in [0.1, 0.15) is 18.1 Å². The van der Waals surface area contributed by atoms with E-state index in [1.807, 2.05) is 0 Å². The van der Waals surface area contributed by atoms with Gasteiger partial charge < -0.3 is 15.3 Å². The summed E-state index contributed by atoms with van der Waals surface area (Å²) in [6, 6.07) is 10.4. The van der Waals surface area contributed by atoms with Crippen molar-refractivity contribution in [3.63, 3.8) is 0 Å². The number of phenols is 1. The average molecular weight is 300 g/mol. The lowest BCUT2D eigenvalue weighted by molar-refractivity contribution is -0.121. The van der Waals surface area contributed by atoms with Crippen LogP contribution in [0.4, 0.5) is 15.8 Å². The zero-order valence-corrected chi connectivity index (χ0v) is 11.5. The third-order valence-corrected chi connectivity index (χ3v) is 3.46. The fourth-order valence-electron chi connectivity index (χ4n) is 2.40. The summed E-state index contributed by atoms with van der Waals surface area (Å²) in [5, 5.41) is 12.3. The first-order chi connectivity index (χ1) is 10.5. The molecule has 0 radical (unpaired) electrons.